The number of rotatable bonds is 4. The van der Waals surface area contributed by atoms with E-state index in [2.05, 4.69) is 5.10 Å². The molecule has 3 aromatic rings. The monoisotopic (exact) mass is 430 g/mol. The molecule has 0 radical (unpaired) electrons. The van der Waals surface area contributed by atoms with E-state index in [1.54, 1.807) is 34.5 Å². The fourth-order valence-corrected chi connectivity index (χ4v) is 6.05. The van der Waals surface area contributed by atoms with Crippen molar-refractivity contribution in [1.82, 2.24) is 19.0 Å². The zero-order chi connectivity index (χ0) is 20.6. The summed E-state index contributed by atoms with van der Waals surface area (Å²) >= 11 is 1.21. The van der Waals surface area contributed by atoms with Gasteiger partial charge in [0.2, 0.25) is 0 Å². The molecule has 1 fully saturated rings. The van der Waals surface area contributed by atoms with Gasteiger partial charge in [0.25, 0.3) is 15.9 Å². The van der Waals surface area contributed by atoms with Gasteiger partial charge < -0.3 is 4.90 Å². The zero-order valence-electron chi connectivity index (χ0n) is 16.3. The lowest BCUT2D eigenvalue weighted by Crippen LogP contribution is -2.50. The Labute approximate surface area is 174 Å². The van der Waals surface area contributed by atoms with Crippen molar-refractivity contribution < 1.29 is 13.2 Å². The molecule has 7 nitrogen and oxygen atoms in total. The summed E-state index contributed by atoms with van der Waals surface area (Å²) in [4.78, 5) is 14.5. The quantitative estimate of drug-likeness (QED) is 0.638. The van der Waals surface area contributed by atoms with Gasteiger partial charge >= 0.3 is 0 Å². The van der Waals surface area contributed by atoms with Crippen molar-refractivity contribution in [2.45, 2.75) is 18.1 Å². The number of sulfonamides is 1. The van der Waals surface area contributed by atoms with E-state index in [-0.39, 0.29) is 5.91 Å². The topological polar surface area (TPSA) is 75.5 Å². The van der Waals surface area contributed by atoms with Gasteiger partial charge in [-0.3, -0.25) is 4.79 Å². The Balaban J connectivity index is 1.43. The summed E-state index contributed by atoms with van der Waals surface area (Å²) in [7, 11) is -3.47. The normalized spacial score (nSPS) is 15.6. The molecule has 0 bridgehead atoms. The highest BCUT2D eigenvalue weighted by molar-refractivity contribution is 7.91. The Morgan fingerprint density at radius 1 is 1.03 bits per heavy atom. The van der Waals surface area contributed by atoms with Crippen LogP contribution in [0.25, 0.3) is 5.69 Å². The van der Waals surface area contributed by atoms with Crippen LogP contribution in [0.5, 0.6) is 0 Å². The van der Waals surface area contributed by atoms with Gasteiger partial charge in [-0.2, -0.15) is 9.40 Å². The fraction of sp³-hybridized carbons (Fsp3) is 0.300. The van der Waals surface area contributed by atoms with E-state index < -0.39 is 10.0 Å². The Hall–Kier alpha value is -2.49. The van der Waals surface area contributed by atoms with Gasteiger partial charge in [0.1, 0.15) is 4.21 Å². The maximum atomic E-state index is 12.8. The molecular weight excluding hydrogens is 408 g/mol. The molecule has 1 aliphatic rings. The van der Waals surface area contributed by atoms with Gasteiger partial charge in [-0.15, -0.1) is 11.3 Å². The summed E-state index contributed by atoms with van der Waals surface area (Å²) in [6, 6.07) is 12.7. The largest absolute Gasteiger partial charge is 0.336 e. The number of nitrogens with zero attached hydrogens (tertiary/aromatic N) is 4. The van der Waals surface area contributed by atoms with Gasteiger partial charge in [-0.25, -0.2) is 13.1 Å². The summed E-state index contributed by atoms with van der Waals surface area (Å²) in [6.45, 7) is 5.29. The van der Waals surface area contributed by atoms with E-state index in [0.29, 0.717) is 36.0 Å². The molecular formula is C20H22N4O3S2. The summed E-state index contributed by atoms with van der Waals surface area (Å²) in [5.41, 5.74) is 3.46. The van der Waals surface area contributed by atoms with Gasteiger partial charge in [0.15, 0.2) is 0 Å². The van der Waals surface area contributed by atoms with Crippen LogP contribution in [0.3, 0.4) is 0 Å². The molecule has 1 amide bonds. The molecule has 29 heavy (non-hydrogen) atoms. The van der Waals surface area contributed by atoms with E-state index in [0.717, 1.165) is 17.1 Å². The molecule has 0 spiro atoms. The second kappa shape index (κ2) is 7.74. The lowest BCUT2D eigenvalue weighted by molar-refractivity contribution is 0.0698. The highest BCUT2D eigenvalue weighted by Crippen LogP contribution is 2.22. The predicted molar refractivity (Wildman–Crippen MR) is 112 cm³/mol. The predicted octanol–water partition coefficient (Wildman–Crippen LogP) is 2.70. The first kappa shape index (κ1) is 19.8. The maximum absolute atomic E-state index is 12.8. The highest BCUT2D eigenvalue weighted by Gasteiger charge is 2.31. The first-order valence-corrected chi connectivity index (χ1v) is 11.6. The van der Waals surface area contributed by atoms with E-state index >= 15 is 0 Å². The van der Waals surface area contributed by atoms with Gasteiger partial charge in [0, 0.05) is 37.4 Å². The number of benzene rings is 1. The average Bonchev–Trinajstić information content (AvgIpc) is 3.38. The smallest absolute Gasteiger partial charge is 0.253 e. The summed E-state index contributed by atoms with van der Waals surface area (Å²) in [5.74, 6) is -0.0851. The molecule has 9 heteroatoms. The minimum absolute atomic E-state index is 0.0851. The van der Waals surface area contributed by atoms with Crippen LogP contribution in [0.15, 0.2) is 52.1 Å². The van der Waals surface area contributed by atoms with E-state index in [1.807, 2.05) is 36.7 Å². The van der Waals surface area contributed by atoms with Crippen LogP contribution in [0, 0.1) is 13.8 Å². The zero-order valence-corrected chi connectivity index (χ0v) is 17.9. The molecule has 0 saturated carbocycles. The minimum Gasteiger partial charge on any atom is -0.336 e. The molecule has 2 aromatic heterocycles. The van der Waals surface area contributed by atoms with Crippen LogP contribution >= 0.6 is 11.3 Å². The van der Waals surface area contributed by atoms with E-state index in [9.17, 15) is 13.2 Å². The van der Waals surface area contributed by atoms with Crippen LogP contribution in [-0.4, -0.2) is 59.5 Å². The van der Waals surface area contributed by atoms with Crippen LogP contribution in [0.4, 0.5) is 0 Å². The Morgan fingerprint density at radius 3 is 2.28 bits per heavy atom. The van der Waals surface area contributed by atoms with Crippen molar-refractivity contribution in [3.8, 4) is 5.69 Å². The number of thiophene rings is 1. The lowest BCUT2D eigenvalue weighted by atomic mass is 10.1. The third kappa shape index (κ3) is 3.85. The average molecular weight is 431 g/mol. The first-order chi connectivity index (χ1) is 13.9. The SMILES string of the molecule is Cc1cc(C)n(-c2ccc(C(=O)N3CCN(S(=O)(=O)c4cccs4)CC3)cc2)n1. The van der Waals surface area contributed by atoms with Crippen molar-refractivity contribution in [3.05, 3.63) is 64.8 Å². The number of carbonyl (C=O) groups excluding carboxylic acids is 1. The number of hydrogen-bond acceptors (Lipinski definition) is 5. The molecule has 152 valence electrons. The Kier molecular flexibility index (Phi) is 5.28. The van der Waals surface area contributed by atoms with Gasteiger partial charge in [0.05, 0.1) is 11.4 Å². The summed E-state index contributed by atoms with van der Waals surface area (Å²) in [5, 5.41) is 6.21. The van der Waals surface area contributed by atoms with Crippen molar-refractivity contribution >= 4 is 27.3 Å². The molecule has 3 heterocycles. The Morgan fingerprint density at radius 2 is 1.72 bits per heavy atom. The second-order valence-corrected chi connectivity index (χ2v) is 10.1. The molecule has 1 aliphatic heterocycles. The van der Waals surface area contributed by atoms with Crippen LogP contribution in [-0.2, 0) is 10.0 Å². The van der Waals surface area contributed by atoms with Crippen LogP contribution < -0.4 is 0 Å². The number of aryl methyl sites for hydroxylation is 2. The number of amides is 1. The number of carbonyl (C=O) groups is 1. The van der Waals surface area contributed by atoms with Gasteiger partial charge in [-0.05, 0) is 55.6 Å². The molecule has 0 atom stereocenters. The maximum Gasteiger partial charge on any atom is 0.253 e. The summed E-state index contributed by atoms with van der Waals surface area (Å²) < 4.78 is 28.9. The van der Waals surface area contributed by atoms with Crippen LogP contribution in [0.2, 0.25) is 0 Å². The Bertz CT molecular complexity index is 1110. The third-order valence-corrected chi connectivity index (χ3v) is 8.26. The molecule has 4 rings (SSSR count). The summed E-state index contributed by atoms with van der Waals surface area (Å²) in [6.07, 6.45) is 0. The number of hydrogen-bond donors (Lipinski definition) is 0. The lowest BCUT2D eigenvalue weighted by Gasteiger charge is -2.33. The molecule has 0 unspecified atom stereocenters. The standard InChI is InChI=1S/C20H22N4O3S2/c1-15-14-16(2)24(21-15)18-7-5-17(6-8-18)20(25)22-9-11-23(12-10-22)29(26,27)19-4-3-13-28-19/h3-8,13-14H,9-12H2,1-2H3. The van der Waals surface area contributed by atoms with Gasteiger partial charge in [-0.1, -0.05) is 6.07 Å². The van der Waals surface area contributed by atoms with Crippen molar-refractivity contribution in [1.29, 1.82) is 0 Å². The number of aromatic nitrogens is 2. The van der Waals surface area contributed by atoms with Crippen molar-refractivity contribution in [3.63, 3.8) is 0 Å². The van der Waals surface area contributed by atoms with Crippen molar-refractivity contribution in [2.75, 3.05) is 26.2 Å². The van der Waals surface area contributed by atoms with Crippen LogP contribution in [0.1, 0.15) is 21.7 Å². The third-order valence-electron chi connectivity index (χ3n) is 4.98. The fourth-order valence-electron chi connectivity index (χ4n) is 3.49. The second-order valence-electron chi connectivity index (χ2n) is 7.01. The molecule has 0 N–H and O–H groups in total. The molecule has 1 saturated heterocycles. The minimum atomic E-state index is -3.47. The van der Waals surface area contributed by atoms with E-state index in [1.165, 1.54) is 15.6 Å². The molecule has 0 aliphatic carbocycles. The highest BCUT2D eigenvalue weighted by atomic mass is 32.2. The van der Waals surface area contributed by atoms with Crippen molar-refractivity contribution in [2.24, 2.45) is 0 Å². The van der Waals surface area contributed by atoms with E-state index in [4.69, 9.17) is 0 Å². The molecule has 1 aromatic carbocycles. The number of piperazine rings is 1. The first-order valence-electron chi connectivity index (χ1n) is 9.33.